The van der Waals surface area contributed by atoms with E-state index in [9.17, 15) is 0 Å². The third kappa shape index (κ3) is 4.59. The van der Waals surface area contributed by atoms with Gasteiger partial charge in [0.1, 0.15) is 0 Å². The Kier molecular flexibility index (Phi) is 6.29. The number of benzene rings is 9. The number of fused-ring (bicyclic) bond motifs is 4. The molecule has 0 atom stereocenters. The molecule has 244 valence electrons. The lowest BCUT2D eigenvalue weighted by Gasteiger charge is -2.22. The van der Waals surface area contributed by atoms with Crippen LogP contribution in [0.15, 0.2) is 152 Å². The summed E-state index contributed by atoms with van der Waals surface area (Å²) in [6.07, 6.45) is 0. The highest BCUT2D eigenvalue weighted by atomic mass is 14.4. The molecule has 0 saturated carbocycles. The molecule has 51 heavy (non-hydrogen) atoms. The molecule has 0 fully saturated rings. The Morgan fingerprint density at radius 3 is 1.61 bits per heavy atom. The largest absolute Gasteiger partial charge is 0.0619 e. The Hall–Kier alpha value is -5.72. The van der Waals surface area contributed by atoms with Crippen LogP contribution in [0.4, 0.5) is 0 Å². The van der Waals surface area contributed by atoms with Crippen molar-refractivity contribution in [2.24, 2.45) is 0 Å². The highest BCUT2D eigenvalue weighted by Crippen LogP contribution is 2.49. The van der Waals surface area contributed by atoms with Crippen LogP contribution in [-0.2, 0) is 10.8 Å². The SMILES string of the molecule is CC(C)(C)c1cc2ccc3ccc(-c4ccc(-c5ccc6cc(-c7ccc8c(c7)C(C)(C)c7ccccc7-8)ccc6c5)cc4)c4ccc(c1)c2c34. The first-order chi connectivity index (χ1) is 24.6. The van der Waals surface area contributed by atoms with Crippen LogP contribution < -0.4 is 0 Å². The Morgan fingerprint density at radius 1 is 0.373 bits per heavy atom. The highest BCUT2D eigenvalue weighted by molar-refractivity contribution is 6.25. The van der Waals surface area contributed by atoms with E-state index in [1.54, 1.807) is 0 Å². The Bertz CT molecular complexity index is 2820. The number of rotatable bonds is 3. The molecule has 9 aromatic carbocycles. The summed E-state index contributed by atoms with van der Waals surface area (Å²) in [4.78, 5) is 0. The summed E-state index contributed by atoms with van der Waals surface area (Å²) < 4.78 is 0. The molecule has 10 rings (SSSR count). The summed E-state index contributed by atoms with van der Waals surface area (Å²) in [5, 5.41) is 10.5. The van der Waals surface area contributed by atoms with Gasteiger partial charge >= 0.3 is 0 Å². The smallest absolute Gasteiger partial charge is 0.0159 e. The van der Waals surface area contributed by atoms with Gasteiger partial charge in [-0.1, -0.05) is 168 Å². The van der Waals surface area contributed by atoms with Gasteiger partial charge in [0.25, 0.3) is 0 Å². The van der Waals surface area contributed by atoms with Crippen LogP contribution in [0.5, 0.6) is 0 Å². The average molecular weight is 653 g/mol. The van der Waals surface area contributed by atoms with Crippen molar-refractivity contribution < 1.29 is 0 Å². The molecule has 0 aliphatic heterocycles. The van der Waals surface area contributed by atoms with Gasteiger partial charge in [0.2, 0.25) is 0 Å². The molecule has 0 heterocycles. The van der Waals surface area contributed by atoms with Crippen molar-refractivity contribution in [2.45, 2.75) is 45.4 Å². The summed E-state index contributed by atoms with van der Waals surface area (Å²) in [7, 11) is 0. The third-order valence-electron chi connectivity index (χ3n) is 11.8. The van der Waals surface area contributed by atoms with E-state index in [2.05, 4.69) is 186 Å². The molecule has 0 amide bonds. The molecule has 0 unspecified atom stereocenters. The fourth-order valence-electron chi connectivity index (χ4n) is 8.84. The van der Waals surface area contributed by atoms with Gasteiger partial charge in [-0.05, 0) is 128 Å². The molecule has 0 aromatic heterocycles. The van der Waals surface area contributed by atoms with Crippen LogP contribution >= 0.6 is 0 Å². The van der Waals surface area contributed by atoms with Gasteiger partial charge in [0.05, 0.1) is 0 Å². The molecule has 0 heteroatoms. The molecule has 0 radical (unpaired) electrons. The minimum atomic E-state index is -0.000315. The first-order valence-corrected chi connectivity index (χ1v) is 18.2. The molecule has 0 N–H and O–H groups in total. The molecule has 1 aliphatic rings. The molecular weight excluding hydrogens is 613 g/mol. The second kappa shape index (κ2) is 10.6. The maximum absolute atomic E-state index is 2.41. The van der Waals surface area contributed by atoms with Crippen LogP contribution in [0.25, 0.3) is 87.6 Å². The zero-order chi connectivity index (χ0) is 34.6. The second-order valence-corrected chi connectivity index (χ2v) is 16.2. The summed E-state index contributed by atoms with van der Waals surface area (Å²) in [5.74, 6) is 0. The van der Waals surface area contributed by atoms with Gasteiger partial charge in [-0.25, -0.2) is 0 Å². The quantitative estimate of drug-likeness (QED) is 0.167. The van der Waals surface area contributed by atoms with E-state index in [1.165, 1.54) is 104 Å². The van der Waals surface area contributed by atoms with Crippen molar-refractivity contribution in [2.75, 3.05) is 0 Å². The van der Waals surface area contributed by atoms with E-state index >= 15 is 0 Å². The summed E-state index contributed by atoms with van der Waals surface area (Å²) in [5.41, 5.74) is 14.6. The maximum atomic E-state index is 2.41. The fraction of sp³-hybridized carbons (Fsp3) is 0.137. The second-order valence-electron chi connectivity index (χ2n) is 16.2. The van der Waals surface area contributed by atoms with E-state index in [-0.39, 0.29) is 10.8 Å². The molecule has 1 aliphatic carbocycles. The molecule has 9 aromatic rings. The highest BCUT2D eigenvalue weighted by Gasteiger charge is 2.35. The average Bonchev–Trinajstić information content (AvgIpc) is 3.38. The van der Waals surface area contributed by atoms with Crippen LogP contribution in [0, 0.1) is 0 Å². The molecule has 0 spiro atoms. The van der Waals surface area contributed by atoms with Gasteiger partial charge in [-0.15, -0.1) is 0 Å². The number of hydrogen-bond acceptors (Lipinski definition) is 0. The van der Waals surface area contributed by atoms with Gasteiger partial charge in [0, 0.05) is 5.41 Å². The van der Waals surface area contributed by atoms with Gasteiger partial charge in [-0.2, -0.15) is 0 Å². The van der Waals surface area contributed by atoms with Crippen molar-refractivity contribution in [1.29, 1.82) is 0 Å². The molecular formula is C51H40. The van der Waals surface area contributed by atoms with E-state index in [0.717, 1.165) is 0 Å². The minimum absolute atomic E-state index is 0.000315. The minimum Gasteiger partial charge on any atom is -0.0619 e. The zero-order valence-corrected chi connectivity index (χ0v) is 29.9. The normalized spacial score (nSPS) is 13.7. The van der Waals surface area contributed by atoms with Gasteiger partial charge in [-0.3, -0.25) is 0 Å². The van der Waals surface area contributed by atoms with Gasteiger partial charge in [0.15, 0.2) is 0 Å². The van der Waals surface area contributed by atoms with Crippen LogP contribution in [0.1, 0.15) is 51.3 Å². The van der Waals surface area contributed by atoms with Crippen molar-refractivity contribution in [1.82, 2.24) is 0 Å². The third-order valence-corrected chi connectivity index (χ3v) is 11.8. The lowest BCUT2D eigenvalue weighted by Crippen LogP contribution is -2.14. The van der Waals surface area contributed by atoms with E-state index in [4.69, 9.17) is 0 Å². The predicted octanol–water partition coefficient (Wildman–Crippen LogP) is 14.3. The fourth-order valence-corrected chi connectivity index (χ4v) is 8.84. The topological polar surface area (TPSA) is 0 Å². The molecule has 0 nitrogen and oxygen atoms in total. The first kappa shape index (κ1) is 30.1. The van der Waals surface area contributed by atoms with E-state index < -0.39 is 0 Å². The summed E-state index contributed by atoms with van der Waals surface area (Å²) in [6, 6.07) is 57.4. The predicted molar refractivity (Wildman–Crippen MR) is 220 cm³/mol. The summed E-state index contributed by atoms with van der Waals surface area (Å²) in [6.45, 7) is 11.6. The Balaban J connectivity index is 0.974. The standard InChI is InChI=1S/C51H40/c1-50(2,3)41-28-39-19-14-33-20-23-42(45-25-22-40(29-41)48(39)49(33)45)32-12-10-31(11-13-32)34-15-16-36-27-37(18-17-35(36)26-34)38-21-24-44-43-8-6-7-9-46(43)51(4,5)47(44)30-38/h6-30H,1-5H3. The first-order valence-electron chi connectivity index (χ1n) is 18.2. The van der Waals surface area contributed by atoms with E-state index in [0.29, 0.717) is 0 Å². The lowest BCUT2D eigenvalue weighted by molar-refractivity contribution is 0.591. The maximum Gasteiger partial charge on any atom is 0.0159 e. The van der Waals surface area contributed by atoms with Crippen molar-refractivity contribution in [3.8, 4) is 44.5 Å². The number of hydrogen-bond donors (Lipinski definition) is 0. The Morgan fingerprint density at radius 2 is 0.882 bits per heavy atom. The molecule has 0 bridgehead atoms. The Labute approximate surface area is 300 Å². The van der Waals surface area contributed by atoms with Crippen molar-refractivity contribution in [3.63, 3.8) is 0 Å². The molecule has 0 saturated heterocycles. The van der Waals surface area contributed by atoms with Crippen LogP contribution in [0.2, 0.25) is 0 Å². The van der Waals surface area contributed by atoms with Gasteiger partial charge < -0.3 is 0 Å². The summed E-state index contributed by atoms with van der Waals surface area (Å²) >= 11 is 0. The lowest BCUT2D eigenvalue weighted by atomic mass is 9.81. The van der Waals surface area contributed by atoms with Crippen molar-refractivity contribution >= 4 is 43.1 Å². The monoisotopic (exact) mass is 652 g/mol. The van der Waals surface area contributed by atoms with Crippen LogP contribution in [-0.4, -0.2) is 0 Å². The van der Waals surface area contributed by atoms with Crippen molar-refractivity contribution in [3.05, 3.63) is 168 Å². The zero-order valence-electron chi connectivity index (χ0n) is 29.9. The van der Waals surface area contributed by atoms with Crippen LogP contribution in [0.3, 0.4) is 0 Å². The van der Waals surface area contributed by atoms with E-state index in [1.807, 2.05) is 0 Å².